The largest absolute Gasteiger partial charge is 0.509 e. The van der Waals surface area contributed by atoms with Gasteiger partial charge in [-0.05, 0) is 31.6 Å². The molecular formula is C19H18N4O2. The first kappa shape index (κ1) is 14.3. The quantitative estimate of drug-likeness (QED) is 0.745. The van der Waals surface area contributed by atoms with E-state index >= 15 is 0 Å². The van der Waals surface area contributed by atoms with Crippen LogP contribution in [0.25, 0.3) is 16.6 Å². The monoisotopic (exact) mass is 334 g/mol. The van der Waals surface area contributed by atoms with Gasteiger partial charge in [0.2, 0.25) is 0 Å². The molecule has 3 N–H and O–H groups in total. The molecule has 126 valence electrons. The zero-order chi connectivity index (χ0) is 17.1. The van der Waals surface area contributed by atoms with Crippen molar-refractivity contribution in [3.05, 3.63) is 59.0 Å². The van der Waals surface area contributed by atoms with E-state index in [4.69, 9.17) is 10.1 Å². The highest BCUT2D eigenvalue weighted by Gasteiger charge is 2.44. The first-order valence-electron chi connectivity index (χ1n) is 8.43. The van der Waals surface area contributed by atoms with E-state index in [0.29, 0.717) is 18.0 Å². The molecule has 0 fully saturated rings. The number of hydrogen-bond donors (Lipinski definition) is 3. The van der Waals surface area contributed by atoms with Gasteiger partial charge in [0.15, 0.2) is 0 Å². The molecule has 0 saturated heterocycles. The number of aromatic amines is 1. The number of aromatic nitrogens is 2. The van der Waals surface area contributed by atoms with Crippen molar-refractivity contribution in [3.8, 4) is 0 Å². The Bertz CT molecular complexity index is 978. The van der Waals surface area contributed by atoms with E-state index < -0.39 is 0 Å². The summed E-state index contributed by atoms with van der Waals surface area (Å²) in [6.07, 6.45) is 3.88. The van der Waals surface area contributed by atoms with Gasteiger partial charge in [-0.25, -0.2) is 4.98 Å². The van der Waals surface area contributed by atoms with E-state index in [2.05, 4.69) is 23.0 Å². The van der Waals surface area contributed by atoms with Crippen molar-refractivity contribution in [1.29, 1.82) is 5.41 Å². The molecule has 3 aliphatic rings. The van der Waals surface area contributed by atoms with E-state index in [9.17, 15) is 5.11 Å². The van der Waals surface area contributed by atoms with Crippen molar-refractivity contribution in [2.75, 3.05) is 6.61 Å². The lowest BCUT2D eigenvalue weighted by Crippen LogP contribution is -2.42. The summed E-state index contributed by atoms with van der Waals surface area (Å²) < 4.78 is 5.88. The van der Waals surface area contributed by atoms with Gasteiger partial charge in [0.25, 0.3) is 0 Å². The molecule has 25 heavy (non-hydrogen) atoms. The van der Waals surface area contributed by atoms with Gasteiger partial charge in [0, 0.05) is 6.42 Å². The molecule has 2 aromatic rings. The Morgan fingerprint density at radius 2 is 2.16 bits per heavy atom. The number of nitrogens with one attached hydrogen (secondary N) is 2. The molecule has 6 heteroatoms. The molecule has 6 nitrogen and oxygen atoms in total. The smallest absolute Gasteiger partial charge is 0.145 e. The number of fused-ring (bicyclic) bond motifs is 3. The molecule has 1 atom stereocenters. The molecule has 2 aliphatic heterocycles. The molecular weight excluding hydrogens is 316 g/mol. The van der Waals surface area contributed by atoms with Crippen LogP contribution in [0.15, 0.2) is 53.1 Å². The number of allylic oxidation sites excluding steroid dienone is 3. The molecule has 0 bridgehead atoms. The minimum Gasteiger partial charge on any atom is -0.509 e. The summed E-state index contributed by atoms with van der Waals surface area (Å²) in [7, 11) is 0. The molecule has 1 unspecified atom stereocenters. The van der Waals surface area contributed by atoms with Crippen LogP contribution in [0.2, 0.25) is 0 Å². The summed E-state index contributed by atoms with van der Waals surface area (Å²) in [6.45, 7) is 2.43. The fourth-order valence-corrected chi connectivity index (χ4v) is 3.79. The maximum absolute atomic E-state index is 10.8. The van der Waals surface area contributed by atoms with Crippen molar-refractivity contribution >= 4 is 22.4 Å². The second-order valence-electron chi connectivity index (χ2n) is 6.71. The molecule has 1 aromatic carbocycles. The zero-order valence-corrected chi connectivity index (χ0v) is 13.8. The summed E-state index contributed by atoms with van der Waals surface area (Å²) in [5.74, 6) is 1.84. The summed E-state index contributed by atoms with van der Waals surface area (Å²) >= 11 is 0. The number of hydrogen-bond acceptors (Lipinski definition) is 4. The summed E-state index contributed by atoms with van der Waals surface area (Å²) in [5, 5.41) is 19.5. The number of imidazole rings is 1. The van der Waals surface area contributed by atoms with E-state index in [1.807, 2.05) is 29.2 Å². The van der Waals surface area contributed by atoms with E-state index in [0.717, 1.165) is 35.3 Å². The van der Waals surface area contributed by atoms with Gasteiger partial charge in [0.1, 0.15) is 35.8 Å². The van der Waals surface area contributed by atoms with Crippen molar-refractivity contribution < 1.29 is 9.84 Å². The number of amidine groups is 1. The van der Waals surface area contributed by atoms with Crippen molar-refractivity contribution in [2.45, 2.75) is 25.8 Å². The first-order chi connectivity index (χ1) is 12.1. The topological polar surface area (TPSA) is 85.2 Å². The Labute approximate surface area is 144 Å². The fraction of sp³-hybridized carbons (Fsp3) is 0.263. The predicted octanol–water partition coefficient (Wildman–Crippen LogP) is 3.48. The van der Waals surface area contributed by atoms with Gasteiger partial charge >= 0.3 is 0 Å². The summed E-state index contributed by atoms with van der Waals surface area (Å²) in [6, 6.07) is 7.34. The average Bonchev–Trinajstić information content (AvgIpc) is 3.13. The van der Waals surface area contributed by atoms with Crippen molar-refractivity contribution in [3.63, 3.8) is 0 Å². The Morgan fingerprint density at radius 3 is 3.00 bits per heavy atom. The van der Waals surface area contributed by atoms with Crippen LogP contribution < -0.4 is 0 Å². The third-order valence-electron chi connectivity index (χ3n) is 5.08. The van der Waals surface area contributed by atoms with Crippen LogP contribution in [-0.2, 0) is 4.74 Å². The summed E-state index contributed by atoms with van der Waals surface area (Å²) in [4.78, 5) is 9.65. The molecule has 3 heterocycles. The van der Waals surface area contributed by atoms with Crippen LogP contribution >= 0.6 is 0 Å². The molecule has 1 aromatic heterocycles. The molecule has 0 radical (unpaired) electrons. The van der Waals surface area contributed by atoms with Gasteiger partial charge in [-0.3, -0.25) is 5.41 Å². The van der Waals surface area contributed by atoms with Gasteiger partial charge in [0.05, 0.1) is 22.3 Å². The maximum Gasteiger partial charge on any atom is 0.145 e. The second-order valence-corrected chi connectivity index (χ2v) is 6.71. The zero-order valence-electron chi connectivity index (χ0n) is 13.8. The van der Waals surface area contributed by atoms with E-state index in [1.54, 1.807) is 0 Å². The highest BCUT2D eigenvalue weighted by Crippen LogP contribution is 2.41. The third-order valence-corrected chi connectivity index (χ3v) is 5.08. The molecule has 0 amide bonds. The number of aliphatic hydroxyl groups excluding tert-OH is 1. The number of rotatable bonds is 1. The second kappa shape index (κ2) is 4.99. The minimum atomic E-state index is -0.364. The molecule has 0 saturated carbocycles. The van der Waals surface area contributed by atoms with Gasteiger partial charge in [-0.2, -0.15) is 0 Å². The SMILES string of the molecule is CC1=CC2=C(CC1)OCC1C(O)=C(c3nc4ccccc4[nH]3)C(=N)N21. The van der Waals surface area contributed by atoms with E-state index in [1.165, 1.54) is 5.57 Å². The van der Waals surface area contributed by atoms with Crippen LogP contribution in [0.3, 0.4) is 0 Å². The molecule has 1 aliphatic carbocycles. The lowest BCUT2D eigenvalue weighted by molar-refractivity contribution is 0.106. The molecule has 0 spiro atoms. The van der Waals surface area contributed by atoms with Crippen LogP contribution in [0.5, 0.6) is 0 Å². The Balaban J connectivity index is 1.62. The Kier molecular flexibility index (Phi) is 2.86. The highest BCUT2D eigenvalue weighted by molar-refractivity contribution is 6.24. The lowest BCUT2D eigenvalue weighted by atomic mass is 10.00. The maximum atomic E-state index is 10.8. The fourth-order valence-electron chi connectivity index (χ4n) is 3.79. The standard InChI is InChI=1S/C19H18N4O2/c1-10-6-7-15-13(8-10)23-14(9-25-15)17(24)16(18(23)20)19-21-11-4-2-3-5-12(11)22-19/h2-5,8,14,20,24H,6-7,9H2,1H3,(H,21,22). The van der Waals surface area contributed by atoms with Crippen LogP contribution in [0.4, 0.5) is 0 Å². The number of H-pyrrole nitrogens is 1. The Morgan fingerprint density at radius 1 is 1.32 bits per heavy atom. The van der Waals surface area contributed by atoms with Gasteiger partial charge in [-0.1, -0.05) is 17.7 Å². The molecule has 5 rings (SSSR count). The number of para-hydroxylation sites is 2. The highest BCUT2D eigenvalue weighted by atomic mass is 16.5. The number of nitrogens with zero attached hydrogens (tertiary/aromatic N) is 2. The third kappa shape index (κ3) is 1.97. The van der Waals surface area contributed by atoms with Gasteiger partial charge in [-0.15, -0.1) is 0 Å². The Hall–Kier alpha value is -3.02. The van der Waals surface area contributed by atoms with Crippen molar-refractivity contribution in [2.24, 2.45) is 0 Å². The first-order valence-corrected chi connectivity index (χ1v) is 8.43. The van der Waals surface area contributed by atoms with E-state index in [-0.39, 0.29) is 17.6 Å². The van der Waals surface area contributed by atoms with Crippen LogP contribution in [0.1, 0.15) is 25.6 Å². The van der Waals surface area contributed by atoms with Crippen LogP contribution in [-0.4, -0.2) is 38.5 Å². The lowest BCUT2D eigenvalue weighted by Gasteiger charge is -2.36. The van der Waals surface area contributed by atoms with Gasteiger partial charge < -0.3 is 19.7 Å². The predicted molar refractivity (Wildman–Crippen MR) is 95.0 cm³/mol. The minimum absolute atomic E-state index is 0.146. The number of ether oxygens (including phenoxy) is 1. The number of benzene rings is 1. The average molecular weight is 334 g/mol. The summed E-state index contributed by atoms with van der Waals surface area (Å²) in [5.41, 5.74) is 4.31. The normalized spacial score (nSPS) is 22.9. The number of aliphatic hydroxyl groups is 1. The van der Waals surface area contributed by atoms with Crippen molar-refractivity contribution in [1.82, 2.24) is 14.9 Å². The van der Waals surface area contributed by atoms with Crippen LogP contribution in [0, 0.1) is 5.41 Å².